The molecule has 1 amide bonds. The van der Waals surface area contributed by atoms with E-state index in [2.05, 4.69) is 26.1 Å². The molecule has 8 unspecified atom stereocenters. The van der Waals surface area contributed by atoms with Crippen LogP contribution in [0.5, 0.6) is 0 Å². The number of aliphatic hydroxyl groups is 5. The molecule has 0 aromatic rings. The Bertz CT molecular complexity index is 1240. The fourth-order valence-electron chi connectivity index (χ4n) is 10.2. The Labute approximate surface area is 448 Å². The summed E-state index contributed by atoms with van der Waals surface area (Å²) in [4.78, 5) is 26.5. The molecule has 0 bridgehead atoms. The summed E-state index contributed by atoms with van der Waals surface area (Å²) < 4.78 is 17.6. The molecule has 1 heterocycles. The minimum absolute atomic E-state index is 0.132. The van der Waals surface area contributed by atoms with E-state index in [1.807, 2.05) is 6.08 Å². The van der Waals surface area contributed by atoms with Gasteiger partial charge in [-0.25, -0.2) is 0 Å². The van der Waals surface area contributed by atoms with E-state index in [4.69, 9.17) is 14.2 Å². The van der Waals surface area contributed by atoms with Gasteiger partial charge in [0, 0.05) is 6.42 Å². The third kappa shape index (κ3) is 39.4. The van der Waals surface area contributed by atoms with E-state index >= 15 is 0 Å². The zero-order valence-corrected chi connectivity index (χ0v) is 47.8. The number of rotatable bonds is 54. The SMILES string of the molecule is CCCCCCCCCCCCC/C=C/C(O)C(COC1OC(CO)C(O)C(O)C1OC(=O)CCCCCCCCCCCCCCCCCCCCC)NC(=O)C(O)CCCCCCCCCCCCCC. The maximum atomic E-state index is 13.4. The van der Waals surface area contributed by atoms with Gasteiger partial charge in [-0.3, -0.25) is 9.59 Å². The Hall–Kier alpha value is -1.60. The van der Waals surface area contributed by atoms with Crippen molar-refractivity contribution in [2.45, 2.75) is 359 Å². The summed E-state index contributed by atoms with van der Waals surface area (Å²) in [6.45, 7) is 5.82. The first kappa shape index (κ1) is 69.4. The first-order chi connectivity index (χ1) is 35.7. The van der Waals surface area contributed by atoms with E-state index in [0.717, 1.165) is 57.8 Å². The van der Waals surface area contributed by atoms with E-state index in [1.165, 1.54) is 205 Å². The highest BCUT2D eigenvalue weighted by molar-refractivity contribution is 5.80. The highest BCUT2D eigenvalue weighted by Crippen LogP contribution is 2.26. The van der Waals surface area contributed by atoms with Crippen LogP contribution in [0.1, 0.15) is 310 Å². The number of aliphatic hydroxyl groups excluding tert-OH is 5. The number of carbonyl (C=O) groups excluding carboxylic acids is 2. The fraction of sp³-hybridized carbons (Fsp3) is 0.935. The number of hydrogen-bond acceptors (Lipinski definition) is 10. The van der Waals surface area contributed by atoms with Crippen molar-refractivity contribution in [3.05, 3.63) is 12.2 Å². The van der Waals surface area contributed by atoms with Gasteiger partial charge in [-0.1, -0.05) is 290 Å². The normalized spacial score (nSPS) is 19.4. The van der Waals surface area contributed by atoms with Gasteiger partial charge < -0.3 is 45.1 Å². The second kappa shape index (κ2) is 51.2. The smallest absolute Gasteiger partial charge is 0.306 e. The maximum Gasteiger partial charge on any atom is 0.306 e. The van der Waals surface area contributed by atoms with Crippen LogP contribution in [0.15, 0.2) is 12.2 Å². The summed E-state index contributed by atoms with van der Waals surface area (Å²) in [5.41, 5.74) is 0. The van der Waals surface area contributed by atoms with Crippen LogP contribution in [-0.4, -0.2) is 99.6 Å². The fourth-order valence-corrected chi connectivity index (χ4v) is 10.2. The van der Waals surface area contributed by atoms with Crippen LogP contribution < -0.4 is 5.32 Å². The maximum absolute atomic E-state index is 13.4. The van der Waals surface area contributed by atoms with E-state index in [0.29, 0.717) is 19.3 Å². The zero-order valence-electron chi connectivity index (χ0n) is 47.8. The average molecular weight is 1040 g/mol. The van der Waals surface area contributed by atoms with Crippen molar-refractivity contribution >= 4 is 11.9 Å². The van der Waals surface area contributed by atoms with Gasteiger partial charge >= 0.3 is 5.97 Å². The quantitative estimate of drug-likeness (QED) is 0.0195. The Morgan fingerprint density at radius 2 is 0.890 bits per heavy atom. The number of amides is 1. The Kier molecular flexibility index (Phi) is 48.7. The summed E-state index contributed by atoms with van der Waals surface area (Å²) >= 11 is 0. The van der Waals surface area contributed by atoms with Crippen LogP contribution in [0.2, 0.25) is 0 Å². The van der Waals surface area contributed by atoms with Gasteiger partial charge in [0.25, 0.3) is 0 Å². The second-order valence-electron chi connectivity index (χ2n) is 22.2. The first-order valence-electron chi connectivity index (χ1n) is 31.5. The molecule has 6 N–H and O–H groups in total. The summed E-state index contributed by atoms with van der Waals surface area (Å²) in [5.74, 6) is -1.18. The van der Waals surface area contributed by atoms with Crippen molar-refractivity contribution in [2.75, 3.05) is 13.2 Å². The number of nitrogens with one attached hydrogen (secondary N) is 1. The van der Waals surface area contributed by atoms with Gasteiger partial charge in [-0.15, -0.1) is 0 Å². The predicted octanol–water partition coefficient (Wildman–Crippen LogP) is 14.7. The summed E-state index contributed by atoms with van der Waals surface area (Å²) in [7, 11) is 0. The number of unbranched alkanes of at least 4 members (excludes halogenated alkanes) is 40. The molecule has 0 radical (unpaired) electrons. The minimum atomic E-state index is -1.61. The largest absolute Gasteiger partial charge is 0.454 e. The molecule has 1 aliphatic rings. The number of hydrogen-bond donors (Lipinski definition) is 6. The third-order valence-corrected chi connectivity index (χ3v) is 15.2. The topological polar surface area (TPSA) is 175 Å². The first-order valence-corrected chi connectivity index (χ1v) is 31.5. The Morgan fingerprint density at radius 1 is 0.521 bits per heavy atom. The van der Waals surface area contributed by atoms with Crippen LogP contribution in [0.25, 0.3) is 0 Å². The number of allylic oxidation sites excluding steroid dienone is 1. The molecule has 11 nitrogen and oxygen atoms in total. The highest BCUT2D eigenvalue weighted by Gasteiger charge is 2.47. The van der Waals surface area contributed by atoms with Gasteiger partial charge in [0.2, 0.25) is 5.91 Å². The molecule has 0 spiro atoms. The molecular formula is C62H119NO10. The minimum Gasteiger partial charge on any atom is -0.454 e. The van der Waals surface area contributed by atoms with Gasteiger partial charge in [0.15, 0.2) is 12.4 Å². The van der Waals surface area contributed by atoms with Crippen molar-refractivity contribution < 1.29 is 49.3 Å². The number of esters is 1. The molecule has 0 aromatic heterocycles. The molecular weight excluding hydrogens is 919 g/mol. The van der Waals surface area contributed by atoms with Gasteiger partial charge in [-0.2, -0.15) is 0 Å². The van der Waals surface area contributed by atoms with Crippen LogP contribution in [0.3, 0.4) is 0 Å². The lowest BCUT2D eigenvalue weighted by Gasteiger charge is -2.41. The molecule has 0 saturated carbocycles. The van der Waals surface area contributed by atoms with E-state index in [1.54, 1.807) is 6.08 Å². The number of carbonyl (C=O) groups is 2. The average Bonchev–Trinajstić information content (AvgIpc) is 3.39. The predicted molar refractivity (Wildman–Crippen MR) is 301 cm³/mol. The molecule has 1 fully saturated rings. The Balaban J connectivity index is 2.65. The van der Waals surface area contributed by atoms with Crippen molar-refractivity contribution in [3.8, 4) is 0 Å². The van der Waals surface area contributed by atoms with Gasteiger partial charge in [0.05, 0.1) is 25.4 Å². The van der Waals surface area contributed by atoms with Crippen LogP contribution in [0.4, 0.5) is 0 Å². The lowest BCUT2D eigenvalue weighted by atomic mass is 9.99. The van der Waals surface area contributed by atoms with Crippen molar-refractivity contribution in [3.63, 3.8) is 0 Å². The van der Waals surface area contributed by atoms with Crippen LogP contribution in [-0.2, 0) is 23.8 Å². The van der Waals surface area contributed by atoms with Gasteiger partial charge in [0.1, 0.15) is 24.4 Å². The van der Waals surface area contributed by atoms with E-state index < -0.39 is 67.4 Å². The lowest BCUT2D eigenvalue weighted by Crippen LogP contribution is -2.61. The molecule has 1 rings (SSSR count). The summed E-state index contributed by atoms with van der Waals surface area (Å²) in [5, 5.41) is 56.9. The molecule has 11 heteroatoms. The Morgan fingerprint density at radius 3 is 1.29 bits per heavy atom. The van der Waals surface area contributed by atoms with E-state index in [-0.39, 0.29) is 13.0 Å². The molecule has 73 heavy (non-hydrogen) atoms. The monoisotopic (exact) mass is 1040 g/mol. The molecule has 1 aliphatic heterocycles. The van der Waals surface area contributed by atoms with Crippen molar-refractivity contribution in [2.24, 2.45) is 0 Å². The van der Waals surface area contributed by atoms with Crippen LogP contribution >= 0.6 is 0 Å². The number of ether oxygens (including phenoxy) is 3. The lowest BCUT2D eigenvalue weighted by molar-refractivity contribution is -0.305. The standard InChI is InChI=1S/C62H119NO10/c1-4-7-10-13-16-19-22-25-26-27-28-29-30-32-35-38-41-44-47-50-57(67)73-60-59(69)58(68)56(51-64)72-62(60)71-52-53(54(65)48-45-42-39-36-34-31-23-20-17-14-11-8-5-2)63-61(70)55(66)49-46-43-40-37-33-24-21-18-15-12-9-6-3/h45,48,53-56,58-60,62,64-66,68-69H,4-44,46-47,49-52H2,1-3H3,(H,63,70)/b48-45+. The van der Waals surface area contributed by atoms with Crippen molar-refractivity contribution in [1.29, 1.82) is 0 Å². The molecule has 8 atom stereocenters. The molecule has 432 valence electrons. The van der Waals surface area contributed by atoms with Gasteiger partial charge in [-0.05, 0) is 25.7 Å². The molecule has 0 aromatic carbocycles. The molecule has 1 saturated heterocycles. The summed E-state index contributed by atoms with van der Waals surface area (Å²) in [6.07, 6.45) is 46.8. The molecule has 0 aliphatic carbocycles. The summed E-state index contributed by atoms with van der Waals surface area (Å²) in [6, 6.07) is -1.02. The van der Waals surface area contributed by atoms with E-state index in [9.17, 15) is 35.1 Å². The zero-order chi connectivity index (χ0) is 53.3. The highest BCUT2D eigenvalue weighted by atomic mass is 16.7. The van der Waals surface area contributed by atoms with Crippen molar-refractivity contribution in [1.82, 2.24) is 5.32 Å². The third-order valence-electron chi connectivity index (χ3n) is 15.2. The second-order valence-corrected chi connectivity index (χ2v) is 22.2. The van der Waals surface area contributed by atoms with Crippen LogP contribution in [0, 0.1) is 0 Å².